The van der Waals surface area contributed by atoms with E-state index in [-0.39, 0.29) is 30.4 Å². The number of halogens is 1. The maximum absolute atomic E-state index is 13.9. The Kier molecular flexibility index (Phi) is 10.7. The summed E-state index contributed by atoms with van der Waals surface area (Å²) in [6.45, 7) is 3.87. The smallest absolute Gasteiger partial charge is 0.481 e. The molecule has 2 atom stereocenters. The summed E-state index contributed by atoms with van der Waals surface area (Å²) in [6.07, 6.45) is -2.08. The summed E-state index contributed by atoms with van der Waals surface area (Å²) in [7, 11) is -2.29. The van der Waals surface area contributed by atoms with Crippen molar-refractivity contribution in [1.82, 2.24) is 4.98 Å². The molecule has 2 N–H and O–H groups in total. The molecular weight excluding hydrogens is 552 g/mol. The van der Waals surface area contributed by atoms with Gasteiger partial charge in [-0.3, -0.25) is 9.78 Å². The van der Waals surface area contributed by atoms with Gasteiger partial charge in [0, 0.05) is 5.56 Å². The molecule has 42 heavy (non-hydrogen) atoms. The van der Waals surface area contributed by atoms with Crippen LogP contribution in [0, 0.1) is 17.7 Å². The van der Waals surface area contributed by atoms with Crippen LogP contribution in [0.15, 0.2) is 91.0 Å². The first-order chi connectivity index (χ1) is 20.2. The first kappa shape index (κ1) is 30.7. The molecule has 0 saturated heterocycles. The molecule has 1 aromatic heterocycles. The Bertz CT molecular complexity index is 1540. The number of hydrogen-bond acceptors (Lipinski definition) is 5. The maximum atomic E-state index is 13.9. The molecule has 0 aliphatic rings. The van der Waals surface area contributed by atoms with Crippen LogP contribution >= 0.6 is 8.03 Å². The number of rotatable bonds is 11. The molecule has 6 nitrogen and oxygen atoms in total. The second-order valence-corrected chi connectivity index (χ2v) is 11.4. The van der Waals surface area contributed by atoms with Crippen LogP contribution in [0.4, 0.5) is 4.39 Å². The van der Waals surface area contributed by atoms with E-state index in [1.165, 1.54) is 12.1 Å². The largest absolute Gasteiger partial charge is 0.511 e. The highest BCUT2D eigenvalue weighted by atomic mass is 31.1. The van der Waals surface area contributed by atoms with Gasteiger partial charge >= 0.3 is 14.0 Å². The summed E-state index contributed by atoms with van der Waals surface area (Å²) < 4.78 is 31.4. The standard InChI is InChI=1S/C34H31FNO5P/c1-23(2)34-29(14-9-19-41-42(40)22-28(37)20-32(38)39)30(24-15-17-27(35)18-16-24)21-31(36-34)33(25-10-5-3-6-11-25)26-12-7-4-8-13-26/h3-8,10-13,15-18,21,23,28,33,37H,19-20,22H2,1-2H3/p+1/t28-/m0/s1. The first-order valence-electron chi connectivity index (χ1n) is 13.6. The number of aromatic nitrogens is 1. The van der Waals surface area contributed by atoms with E-state index in [4.69, 9.17) is 14.6 Å². The molecule has 0 spiro atoms. The van der Waals surface area contributed by atoms with Crippen molar-refractivity contribution in [2.45, 2.75) is 38.2 Å². The van der Waals surface area contributed by atoms with E-state index in [9.17, 15) is 18.9 Å². The predicted molar refractivity (Wildman–Crippen MR) is 161 cm³/mol. The van der Waals surface area contributed by atoms with Gasteiger partial charge in [-0.15, -0.1) is 4.52 Å². The van der Waals surface area contributed by atoms with Crippen LogP contribution in [0.2, 0.25) is 0 Å². The minimum atomic E-state index is -2.29. The third kappa shape index (κ3) is 8.18. The van der Waals surface area contributed by atoms with E-state index >= 15 is 0 Å². The minimum Gasteiger partial charge on any atom is -0.481 e. The Labute approximate surface area is 246 Å². The van der Waals surface area contributed by atoms with Gasteiger partial charge in [0.05, 0.1) is 29.3 Å². The molecule has 8 heteroatoms. The lowest BCUT2D eigenvalue weighted by Crippen LogP contribution is -2.15. The zero-order valence-electron chi connectivity index (χ0n) is 23.4. The number of benzene rings is 3. The van der Waals surface area contributed by atoms with Crippen LogP contribution in [-0.2, 0) is 13.9 Å². The SMILES string of the molecule is CC(C)c1nc(C(c2ccccc2)c2ccccc2)cc(-c2ccc(F)cc2)c1C#CCO[P+](=O)C[C@@H](O)CC(=O)O. The monoisotopic (exact) mass is 584 g/mol. The van der Waals surface area contributed by atoms with Gasteiger partial charge in [0.15, 0.2) is 6.61 Å². The van der Waals surface area contributed by atoms with E-state index in [2.05, 4.69) is 36.1 Å². The number of carboxylic acids is 1. The van der Waals surface area contributed by atoms with E-state index in [0.717, 1.165) is 33.6 Å². The molecule has 0 bridgehead atoms. The fourth-order valence-electron chi connectivity index (χ4n) is 4.68. The number of hydrogen-bond donors (Lipinski definition) is 2. The van der Waals surface area contributed by atoms with Gasteiger partial charge in [-0.2, -0.15) is 0 Å². The maximum Gasteiger partial charge on any atom is 0.511 e. The van der Waals surface area contributed by atoms with Crippen LogP contribution in [0.25, 0.3) is 11.1 Å². The van der Waals surface area contributed by atoms with Crippen molar-refractivity contribution in [3.05, 3.63) is 125 Å². The van der Waals surface area contributed by atoms with Crippen LogP contribution in [0.5, 0.6) is 0 Å². The zero-order chi connectivity index (χ0) is 30.1. The first-order valence-corrected chi connectivity index (χ1v) is 15.0. The van der Waals surface area contributed by atoms with E-state index in [1.807, 2.05) is 56.3 Å². The summed E-state index contributed by atoms with van der Waals surface area (Å²) >= 11 is 0. The second-order valence-electron chi connectivity index (χ2n) is 10.1. The highest BCUT2D eigenvalue weighted by Gasteiger charge is 2.26. The summed E-state index contributed by atoms with van der Waals surface area (Å²) in [6, 6.07) is 28.5. The van der Waals surface area contributed by atoms with Crippen LogP contribution in [0.1, 0.15) is 60.2 Å². The third-order valence-electron chi connectivity index (χ3n) is 6.60. The van der Waals surface area contributed by atoms with E-state index < -0.39 is 26.5 Å². The Hall–Kier alpha value is -4.21. The van der Waals surface area contributed by atoms with Crippen molar-refractivity contribution in [2.75, 3.05) is 12.8 Å². The number of aliphatic hydroxyl groups excluding tert-OH is 1. The highest BCUT2D eigenvalue weighted by molar-refractivity contribution is 7.39. The lowest BCUT2D eigenvalue weighted by Gasteiger charge is -2.22. The number of aliphatic carboxylic acids is 1. The summed E-state index contributed by atoms with van der Waals surface area (Å²) in [5.41, 5.74) is 5.97. The molecular formula is C34H32FNO5P+. The Morgan fingerprint density at radius 3 is 2.12 bits per heavy atom. The van der Waals surface area contributed by atoms with E-state index in [0.29, 0.717) is 5.56 Å². The molecule has 0 amide bonds. The lowest BCUT2D eigenvalue weighted by atomic mass is 9.85. The average Bonchev–Trinajstić information content (AvgIpc) is 2.96. The summed E-state index contributed by atoms with van der Waals surface area (Å²) in [5.74, 6) is 4.36. The van der Waals surface area contributed by atoms with Gasteiger partial charge in [0.25, 0.3) is 0 Å². The Balaban J connectivity index is 1.78. The van der Waals surface area contributed by atoms with Gasteiger partial charge in [-0.25, -0.2) is 4.39 Å². The molecule has 0 aliphatic heterocycles. The zero-order valence-corrected chi connectivity index (χ0v) is 24.3. The van der Waals surface area contributed by atoms with Gasteiger partial charge in [-0.1, -0.05) is 98.5 Å². The number of carbonyl (C=O) groups is 1. The summed E-state index contributed by atoms with van der Waals surface area (Å²) in [4.78, 5) is 15.9. The molecule has 4 rings (SSSR count). The molecule has 3 aromatic carbocycles. The normalized spacial score (nSPS) is 12.1. The van der Waals surface area contributed by atoms with Crippen LogP contribution in [0.3, 0.4) is 0 Å². The van der Waals surface area contributed by atoms with Crippen molar-refractivity contribution < 1.29 is 28.5 Å². The Morgan fingerprint density at radius 2 is 1.57 bits per heavy atom. The number of carboxylic acid groups (broad SMARTS) is 1. The van der Waals surface area contributed by atoms with Crippen molar-refractivity contribution >= 4 is 14.0 Å². The molecule has 1 unspecified atom stereocenters. The fourth-order valence-corrected chi connectivity index (χ4v) is 5.47. The topological polar surface area (TPSA) is 96.7 Å². The third-order valence-corrected chi connectivity index (χ3v) is 7.73. The quantitative estimate of drug-likeness (QED) is 0.144. The van der Waals surface area contributed by atoms with Crippen LogP contribution in [-0.4, -0.2) is 40.0 Å². The molecule has 214 valence electrons. The van der Waals surface area contributed by atoms with Gasteiger partial charge < -0.3 is 10.2 Å². The average molecular weight is 585 g/mol. The number of pyridine rings is 1. The van der Waals surface area contributed by atoms with Crippen molar-refractivity contribution in [1.29, 1.82) is 0 Å². The van der Waals surface area contributed by atoms with Crippen molar-refractivity contribution in [2.24, 2.45) is 0 Å². The molecule has 0 radical (unpaired) electrons. The van der Waals surface area contributed by atoms with Crippen LogP contribution < -0.4 is 0 Å². The van der Waals surface area contributed by atoms with E-state index in [1.54, 1.807) is 12.1 Å². The highest BCUT2D eigenvalue weighted by Crippen LogP contribution is 2.37. The van der Waals surface area contributed by atoms with Crippen molar-refractivity contribution in [3.8, 4) is 23.0 Å². The molecule has 0 fully saturated rings. The molecule has 4 aromatic rings. The predicted octanol–water partition coefficient (Wildman–Crippen LogP) is 7.14. The fraction of sp³-hybridized carbons (Fsp3) is 0.235. The number of nitrogens with zero attached hydrogens (tertiary/aromatic N) is 1. The molecule has 1 heterocycles. The Morgan fingerprint density at radius 1 is 0.976 bits per heavy atom. The molecule has 0 aliphatic carbocycles. The lowest BCUT2D eigenvalue weighted by molar-refractivity contribution is -0.138. The van der Waals surface area contributed by atoms with Gasteiger partial charge in [0.1, 0.15) is 11.9 Å². The summed E-state index contributed by atoms with van der Waals surface area (Å²) in [5, 5.41) is 18.5. The van der Waals surface area contributed by atoms with Gasteiger partial charge in [0.2, 0.25) is 6.16 Å². The number of aliphatic hydroxyl groups is 1. The second kappa shape index (κ2) is 14.6. The molecule has 0 saturated carbocycles. The van der Waals surface area contributed by atoms with Crippen molar-refractivity contribution in [3.63, 3.8) is 0 Å². The van der Waals surface area contributed by atoms with Gasteiger partial charge in [-0.05, 0) is 45.4 Å². The minimum absolute atomic E-state index is 0.00985.